The van der Waals surface area contributed by atoms with Crippen LogP contribution in [0.2, 0.25) is 0 Å². The quantitative estimate of drug-likeness (QED) is 0.148. The molecule has 0 unspecified atom stereocenters. The van der Waals surface area contributed by atoms with Gasteiger partial charge in [0.2, 0.25) is 12.3 Å². The summed E-state index contributed by atoms with van der Waals surface area (Å²) in [5.41, 5.74) is -0.00705. The molecular weight excluding hydrogens is 608 g/mol. The Kier molecular flexibility index (Phi) is 9.88. The molecule has 0 aliphatic carbocycles. The zero-order chi connectivity index (χ0) is 33.8. The van der Waals surface area contributed by atoms with Crippen LogP contribution in [0.1, 0.15) is 37.7 Å². The topological polar surface area (TPSA) is 113 Å². The fraction of sp³-hybridized carbons (Fsp3) is 0.312. The molecule has 244 valence electrons. The van der Waals surface area contributed by atoms with Crippen molar-refractivity contribution in [3.8, 4) is 22.6 Å². The number of aromatic amines is 1. The zero-order valence-electron chi connectivity index (χ0n) is 26.1. The molecule has 1 aromatic heterocycles. The van der Waals surface area contributed by atoms with Gasteiger partial charge in [0, 0.05) is 25.3 Å². The summed E-state index contributed by atoms with van der Waals surface area (Å²) in [6.45, 7) is 5.52. The molecule has 10 nitrogen and oxygen atoms in total. The molecule has 4 aromatic rings. The first kappa shape index (κ1) is 33.7. The molecule has 4 rings (SSSR count). The van der Waals surface area contributed by atoms with Crippen LogP contribution in [0.3, 0.4) is 0 Å². The van der Waals surface area contributed by atoms with E-state index < -0.39 is 23.5 Å². The summed E-state index contributed by atoms with van der Waals surface area (Å²) in [4.78, 5) is 31.4. The number of likely N-dealkylation sites (N-methyl/N-ethyl adjacent to an activating group) is 1. The lowest BCUT2D eigenvalue weighted by atomic mass is 9.87. The van der Waals surface area contributed by atoms with Gasteiger partial charge in [0.25, 0.3) is 0 Å². The number of benzene rings is 3. The Hall–Kier alpha value is -5.14. The average molecular weight is 643 g/mol. The molecule has 14 heteroatoms. The van der Waals surface area contributed by atoms with Gasteiger partial charge in [-0.15, -0.1) is 0 Å². The van der Waals surface area contributed by atoms with Crippen molar-refractivity contribution in [2.45, 2.75) is 39.0 Å². The Balaban J connectivity index is 1.76. The van der Waals surface area contributed by atoms with E-state index in [0.29, 0.717) is 17.9 Å². The number of aromatic nitrogens is 3. The fourth-order valence-electron chi connectivity index (χ4n) is 4.74. The number of hydrogen-bond acceptors (Lipinski definition) is 7. The van der Waals surface area contributed by atoms with Crippen LogP contribution >= 0.6 is 0 Å². The van der Waals surface area contributed by atoms with Gasteiger partial charge in [-0.1, -0.05) is 32.9 Å². The molecule has 2 amide bonds. The number of hydrogen-bond donors (Lipinski definition) is 2. The second-order valence-corrected chi connectivity index (χ2v) is 11.6. The van der Waals surface area contributed by atoms with Gasteiger partial charge in [-0.25, -0.2) is 9.37 Å². The van der Waals surface area contributed by atoms with Gasteiger partial charge in [0.1, 0.15) is 12.9 Å². The van der Waals surface area contributed by atoms with Crippen molar-refractivity contribution < 1.29 is 36.6 Å². The highest BCUT2D eigenvalue weighted by molar-refractivity contribution is 5.99. The lowest BCUT2D eigenvalue weighted by Crippen LogP contribution is -2.32. The number of rotatable bonds is 11. The molecule has 0 atom stereocenters. The third-order valence-electron chi connectivity index (χ3n) is 7.09. The molecule has 0 aliphatic rings. The summed E-state index contributed by atoms with van der Waals surface area (Å²) in [5.74, 6) is -1.55. The predicted molar refractivity (Wildman–Crippen MR) is 166 cm³/mol. The Morgan fingerprint density at radius 3 is 2.41 bits per heavy atom. The molecule has 0 saturated carbocycles. The average Bonchev–Trinajstić information content (AvgIpc) is 3.52. The highest BCUT2D eigenvalue weighted by Gasteiger charge is 2.34. The van der Waals surface area contributed by atoms with Gasteiger partial charge >= 0.3 is 6.18 Å². The number of carbonyl (C=O) groups excluding carboxylic acids is 2. The van der Waals surface area contributed by atoms with Crippen LogP contribution in [0.4, 0.5) is 34.6 Å². The van der Waals surface area contributed by atoms with Gasteiger partial charge in [-0.2, -0.15) is 18.3 Å². The van der Waals surface area contributed by atoms with Gasteiger partial charge in [0.05, 0.1) is 30.6 Å². The number of nitrogens with zero attached hydrogens (tertiary/aromatic N) is 4. The van der Waals surface area contributed by atoms with Crippen LogP contribution in [0, 0.1) is 5.82 Å². The van der Waals surface area contributed by atoms with E-state index in [9.17, 15) is 22.8 Å². The molecule has 0 saturated heterocycles. The maximum atomic E-state index is 15.5. The third kappa shape index (κ3) is 7.73. The van der Waals surface area contributed by atoms with Crippen molar-refractivity contribution in [1.82, 2.24) is 15.2 Å². The van der Waals surface area contributed by atoms with E-state index in [1.807, 2.05) is 32.9 Å². The number of H-pyrrole nitrogens is 1. The number of methoxy groups -OCH3 is 1. The van der Waals surface area contributed by atoms with E-state index in [1.54, 1.807) is 12.1 Å². The van der Waals surface area contributed by atoms with Crippen molar-refractivity contribution in [3.05, 3.63) is 77.6 Å². The van der Waals surface area contributed by atoms with Crippen LogP contribution in [0.15, 0.2) is 54.9 Å². The molecule has 46 heavy (non-hydrogen) atoms. The van der Waals surface area contributed by atoms with Crippen LogP contribution in [-0.4, -0.2) is 55.2 Å². The molecule has 0 radical (unpaired) electrons. The minimum atomic E-state index is -4.82. The number of carbonyl (C=O) groups is 2. The second-order valence-electron chi connectivity index (χ2n) is 11.6. The minimum Gasteiger partial charge on any atom is -0.493 e. The Morgan fingerprint density at radius 1 is 1.07 bits per heavy atom. The molecule has 0 spiro atoms. The molecule has 0 aliphatic heterocycles. The maximum absolute atomic E-state index is 15.5. The lowest BCUT2D eigenvalue weighted by molar-refractivity contribution is -0.137. The van der Waals surface area contributed by atoms with Crippen molar-refractivity contribution in [2.75, 3.05) is 42.9 Å². The first-order chi connectivity index (χ1) is 21.6. The largest absolute Gasteiger partial charge is 0.493 e. The highest BCUT2D eigenvalue weighted by Crippen LogP contribution is 2.46. The monoisotopic (exact) mass is 642 g/mol. The van der Waals surface area contributed by atoms with Crippen molar-refractivity contribution in [1.29, 1.82) is 0 Å². The molecule has 0 bridgehead atoms. The van der Waals surface area contributed by atoms with Gasteiger partial charge in [-0.05, 0) is 52.9 Å². The molecule has 3 aromatic carbocycles. The van der Waals surface area contributed by atoms with Gasteiger partial charge < -0.3 is 24.6 Å². The Labute approximate surface area is 263 Å². The summed E-state index contributed by atoms with van der Waals surface area (Å²) < 4.78 is 69.0. The van der Waals surface area contributed by atoms with Crippen LogP contribution in [0.5, 0.6) is 11.5 Å². The summed E-state index contributed by atoms with van der Waals surface area (Å²) in [7, 11) is 4.02. The third-order valence-corrected chi connectivity index (χ3v) is 7.09. The van der Waals surface area contributed by atoms with Crippen molar-refractivity contribution >= 4 is 29.4 Å². The minimum absolute atomic E-state index is 0.00445. The smallest absolute Gasteiger partial charge is 0.416 e. The van der Waals surface area contributed by atoms with E-state index in [1.165, 1.54) is 38.5 Å². The van der Waals surface area contributed by atoms with Crippen molar-refractivity contribution in [3.63, 3.8) is 0 Å². The SMILES string of the molecule is COc1cc(-c2cc(C(F)(F)F)cc(N(C)CC(=O)Nc3cccc(C(C)(C)C)c3)c2N(C)C=O)cc(F)c1OCc1ncn[nH]1. The Morgan fingerprint density at radius 2 is 1.80 bits per heavy atom. The first-order valence-corrected chi connectivity index (χ1v) is 14.0. The lowest BCUT2D eigenvalue weighted by Gasteiger charge is -2.29. The molecule has 1 heterocycles. The summed E-state index contributed by atoms with van der Waals surface area (Å²) in [6, 6.07) is 11.2. The zero-order valence-corrected chi connectivity index (χ0v) is 26.1. The standard InChI is InChI=1S/C32H34F4N6O4/c1-31(2,3)20-8-7-9-22(12-20)39-28(44)15-41(4)25-14-21(32(34,35)36)13-23(29(25)42(5)18-43)19-10-24(33)30(26(11-19)45-6)46-16-27-37-17-38-40-27/h7-14,17-18H,15-16H2,1-6H3,(H,39,44)(H,37,38,40). The number of amides is 2. The number of alkyl halides is 3. The van der Waals surface area contributed by atoms with Gasteiger partial charge in [0.15, 0.2) is 23.1 Å². The summed E-state index contributed by atoms with van der Waals surface area (Å²) in [5, 5.41) is 9.05. The van der Waals surface area contributed by atoms with E-state index in [-0.39, 0.29) is 52.6 Å². The number of halogens is 4. The predicted octanol–water partition coefficient (Wildman–Crippen LogP) is 6.18. The number of anilines is 3. The number of ether oxygens (including phenoxy) is 2. The van der Waals surface area contributed by atoms with E-state index in [0.717, 1.165) is 28.7 Å². The first-order valence-electron chi connectivity index (χ1n) is 14.0. The van der Waals surface area contributed by atoms with Crippen molar-refractivity contribution in [2.24, 2.45) is 0 Å². The van der Waals surface area contributed by atoms with Gasteiger partial charge in [-0.3, -0.25) is 14.7 Å². The van der Waals surface area contributed by atoms with E-state index in [2.05, 4.69) is 20.5 Å². The van der Waals surface area contributed by atoms with E-state index in [4.69, 9.17) is 9.47 Å². The summed E-state index contributed by atoms with van der Waals surface area (Å²) in [6.07, 6.45) is -3.16. The fourth-order valence-corrected chi connectivity index (χ4v) is 4.74. The Bertz CT molecular complexity index is 1700. The van der Waals surface area contributed by atoms with Crippen LogP contribution in [-0.2, 0) is 27.8 Å². The normalized spacial score (nSPS) is 11.6. The van der Waals surface area contributed by atoms with Crippen LogP contribution in [0.25, 0.3) is 11.1 Å². The highest BCUT2D eigenvalue weighted by atomic mass is 19.4. The molecule has 0 fully saturated rings. The maximum Gasteiger partial charge on any atom is 0.416 e. The second kappa shape index (κ2) is 13.5. The number of nitrogens with one attached hydrogen (secondary N) is 2. The summed E-state index contributed by atoms with van der Waals surface area (Å²) >= 11 is 0. The van der Waals surface area contributed by atoms with E-state index >= 15 is 4.39 Å². The van der Waals surface area contributed by atoms with Crippen LogP contribution < -0.4 is 24.6 Å². The molecule has 2 N–H and O–H groups in total. The molecular formula is C32H34F4N6O4.